The lowest BCUT2D eigenvalue weighted by Crippen LogP contribution is -2.26. The molecule has 1 aromatic carbocycles. The van der Waals surface area contributed by atoms with Crippen molar-refractivity contribution in [1.29, 1.82) is 0 Å². The van der Waals surface area contributed by atoms with Gasteiger partial charge in [-0.25, -0.2) is 4.79 Å². The number of benzene rings is 1. The fourth-order valence-electron chi connectivity index (χ4n) is 2.61. The molecule has 1 heterocycles. The molecule has 0 saturated carbocycles. The third kappa shape index (κ3) is 3.68. The van der Waals surface area contributed by atoms with Crippen LogP contribution in [0.5, 0.6) is 0 Å². The summed E-state index contributed by atoms with van der Waals surface area (Å²) in [6, 6.07) is 4.90. The summed E-state index contributed by atoms with van der Waals surface area (Å²) in [5.74, 6) is -0.261. The van der Waals surface area contributed by atoms with Crippen molar-refractivity contribution >= 4 is 34.4 Å². The molecule has 0 aliphatic carbocycles. The highest BCUT2D eigenvalue weighted by Gasteiger charge is 2.32. The number of aryl methyl sites for hydroxylation is 1. The summed E-state index contributed by atoms with van der Waals surface area (Å²) in [5, 5.41) is 9.18. The Balaban J connectivity index is 2.23. The molecule has 1 atom stereocenters. The maximum atomic E-state index is 12.3. The van der Waals surface area contributed by atoms with Gasteiger partial charge < -0.3 is 10.0 Å². The topological polar surface area (TPSA) is 74.7 Å². The van der Waals surface area contributed by atoms with Gasteiger partial charge in [0.25, 0.3) is 0 Å². The van der Waals surface area contributed by atoms with Crippen LogP contribution in [0.3, 0.4) is 0 Å². The number of thioether (sulfide) groups is 1. The summed E-state index contributed by atoms with van der Waals surface area (Å²) in [5.41, 5.74) is 1.82. The van der Waals surface area contributed by atoms with E-state index in [2.05, 4.69) is 0 Å². The number of carboxylic acid groups (broad SMARTS) is 1. The van der Waals surface area contributed by atoms with E-state index in [4.69, 9.17) is 5.11 Å². The predicted octanol–water partition coefficient (Wildman–Crippen LogP) is 2.58. The number of amides is 1. The maximum absolute atomic E-state index is 12.3. The van der Waals surface area contributed by atoms with E-state index in [0.717, 1.165) is 12.0 Å². The van der Waals surface area contributed by atoms with Gasteiger partial charge in [0.15, 0.2) is 5.12 Å². The second kappa shape index (κ2) is 6.96. The first-order valence-electron chi connectivity index (χ1n) is 7.22. The Kier molecular flexibility index (Phi) is 5.24. The van der Waals surface area contributed by atoms with E-state index >= 15 is 0 Å². The molecule has 0 bridgehead atoms. The van der Waals surface area contributed by atoms with E-state index in [9.17, 15) is 14.4 Å². The number of nitrogens with zero attached hydrogens (tertiary/aromatic N) is 1. The molecule has 1 saturated heterocycles. The lowest BCUT2D eigenvalue weighted by molar-refractivity contribution is -0.117. The van der Waals surface area contributed by atoms with Gasteiger partial charge in [0.05, 0.1) is 5.56 Å². The van der Waals surface area contributed by atoms with Gasteiger partial charge in [-0.2, -0.15) is 0 Å². The highest BCUT2D eigenvalue weighted by molar-refractivity contribution is 8.13. The van der Waals surface area contributed by atoms with Crippen LogP contribution in [0.15, 0.2) is 18.2 Å². The van der Waals surface area contributed by atoms with Crippen LogP contribution in [0.2, 0.25) is 0 Å². The number of carboxylic acids is 1. The Morgan fingerprint density at radius 3 is 2.73 bits per heavy atom. The summed E-state index contributed by atoms with van der Waals surface area (Å²) in [6.07, 6.45) is 1.13. The van der Waals surface area contributed by atoms with E-state index in [1.807, 2.05) is 6.92 Å². The molecule has 1 aromatic rings. The van der Waals surface area contributed by atoms with Crippen LogP contribution in [0, 0.1) is 5.92 Å². The van der Waals surface area contributed by atoms with Crippen LogP contribution < -0.4 is 4.90 Å². The van der Waals surface area contributed by atoms with E-state index in [0.29, 0.717) is 24.4 Å². The molecule has 118 valence electrons. The molecule has 1 unspecified atom stereocenters. The van der Waals surface area contributed by atoms with E-state index in [1.165, 1.54) is 18.7 Å². The van der Waals surface area contributed by atoms with E-state index < -0.39 is 5.97 Å². The maximum Gasteiger partial charge on any atom is 0.335 e. The fourth-order valence-corrected chi connectivity index (χ4v) is 3.30. The minimum atomic E-state index is -1.00. The second-order valence-electron chi connectivity index (χ2n) is 5.38. The number of anilines is 1. The summed E-state index contributed by atoms with van der Waals surface area (Å²) in [6.45, 7) is 4.03. The summed E-state index contributed by atoms with van der Waals surface area (Å²) in [4.78, 5) is 36.1. The third-order valence-corrected chi connectivity index (χ3v) is 4.78. The number of rotatable bonds is 5. The Hall–Kier alpha value is -1.82. The van der Waals surface area contributed by atoms with Gasteiger partial charge >= 0.3 is 5.97 Å². The van der Waals surface area contributed by atoms with Gasteiger partial charge in [-0.3, -0.25) is 9.59 Å². The van der Waals surface area contributed by atoms with E-state index in [1.54, 1.807) is 23.1 Å². The Bertz CT molecular complexity index is 614. The number of aromatic carboxylic acids is 1. The zero-order chi connectivity index (χ0) is 16.3. The highest BCUT2D eigenvalue weighted by Crippen LogP contribution is 2.31. The SMILES string of the molecule is CCc1ccc(C(=O)O)cc1N1CC(CSC(C)=O)CC1=O. The average molecular weight is 321 g/mol. The molecule has 6 heteroatoms. The Labute approximate surface area is 133 Å². The molecule has 2 rings (SSSR count). The molecule has 1 fully saturated rings. The van der Waals surface area contributed by atoms with Crippen LogP contribution in [0.25, 0.3) is 0 Å². The average Bonchev–Trinajstić information content (AvgIpc) is 2.85. The first-order chi connectivity index (χ1) is 10.4. The van der Waals surface area contributed by atoms with Crippen molar-refractivity contribution < 1.29 is 19.5 Å². The third-order valence-electron chi connectivity index (χ3n) is 3.73. The molecule has 1 N–H and O–H groups in total. The molecule has 1 aliphatic heterocycles. The van der Waals surface area contributed by atoms with Crippen molar-refractivity contribution in [2.75, 3.05) is 17.2 Å². The van der Waals surface area contributed by atoms with Crippen LogP contribution >= 0.6 is 11.8 Å². The van der Waals surface area contributed by atoms with Crippen LogP contribution in [0.1, 0.15) is 36.2 Å². The normalized spacial score (nSPS) is 17.8. The monoisotopic (exact) mass is 321 g/mol. The van der Waals surface area contributed by atoms with Crippen LogP contribution in [0.4, 0.5) is 5.69 Å². The first kappa shape index (κ1) is 16.5. The quantitative estimate of drug-likeness (QED) is 0.902. The molecule has 1 aliphatic rings. The molecular formula is C16H19NO4S. The largest absolute Gasteiger partial charge is 0.478 e. The Morgan fingerprint density at radius 2 is 2.14 bits per heavy atom. The first-order valence-corrected chi connectivity index (χ1v) is 8.20. The van der Waals surface area contributed by atoms with Crippen molar-refractivity contribution in [2.45, 2.75) is 26.7 Å². The number of carbonyl (C=O) groups is 3. The fraction of sp³-hybridized carbons (Fsp3) is 0.438. The minimum Gasteiger partial charge on any atom is -0.478 e. The van der Waals surface area contributed by atoms with Gasteiger partial charge in [0.1, 0.15) is 0 Å². The van der Waals surface area contributed by atoms with Crippen molar-refractivity contribution in [3.63, 3.8) is 0 Å². The van der Waals surface area contributed by atoms with Gasteiger partial charge in [-0.05, 0) is 30.0 Å². The number of hydrogen-bond donors (Lipinski definition) is 1. The van der Waals surface area contributed by atoms with Crippen molar-refractivity contribution in [3.05, 3.63) is 29.3 Å². The molecule has 1 amide bonds. The molecular weight excluding hydrogens is 302 g/mol. The molecule has 22 heavy (non-hydrogen) atoms. The minimum absolute atomic E-state index is 0.00797. The van der Waals surface area contributed by atoms with Gasteiger partial charge in [-0.15, -0.1) is 0 Å². The lowest BCUT2D eigenvalue weighted by Gasteiger charge is -2.20. The highest BCUT2D eigenvalue weighted by atomic mass is 32.2. The van der Waals surface area contributed by atoms with Gasteiger partial charge in [0.2, 0.25) is 5.91 Å². The molecule has 0 aromatic heterocycles. The molecule has 5 nitrogen and oxygen atoms in total. The zero-order valence-electron chi connectivity index (χ0n) is 12.7. The summed E-state index contributed by atoms with van der Waals surface area (Å²) < 4.78 is 0. The molecule has 0 spiro atoms. The summed E-state index contributed by atoms with van der Waals surface area (Å²) in [7, 11) is 0. The number of carbonyl (C=O) groups excluding carboxylic acids is 2. The van der Waals surface area contributed by atoms with Crippen molar-refractivity contribution in [2.24, 2.45) is 5.92 Å². The lowest BCUT2D eigenvalue weighted by atomic mass is 10.1. The molecule has 0 radical (unpaired) electrons. The van der Waals surface area contributed by atoms with Gasteiger partial charge in [-0.1, -0.05) is 24.8 Å². The van der Waals surface area contributed by atoms with Crippen LogP contribution in [-0.2, 0) is 16.0 Å². The smallest absolute Gasteiger partial charge is 0.335 e. The van der Waals surface area contributed by atoms with Gasteiger partial charge in [0, 0.05) is 31.3 Å². The number of hydrogen-bond acceptors (Lipinski definition) is 4. The van der Waals surface area contributed by atoms with E-state index in [-0.39, 0.29) is 22.5 Å². The van der Waals surface area contributed by atoms with Crippen LogP contribution in [-0.4, -0.2) is 34.4 Å². The van der Waals surface area contributed by atoms with Crippen molar-refractivity contribution in [1.82, 2.24) is 0 Å². The standard InChI is InChI=1S/C16H19NO4S/c1-3-12-4-5-13(16(20)21)7-14(12)17-8-11(6-15(17)19)9-22-10(2)18/h4-5,7,11H,3,6,8-9H2,1-2H3,(H,20,21). The van der Waals surface area contributed by atoms with Crippen molar-refractivity contribution in [3.8, 4) is 0 Å². The predicted molar refractivity (Wildman–Crippen MR) is 86.4 cm³/mol. The Morgan fingerprint density at radius 1 is 1.41 bits per heavy atom. The zero-order valence-corrected chi connectivity index (χ0v) is 13.5. The summed E-state index contributed by atoms with van der Waals surface area (Å²) >= 11 is 1.23. The second-order valence-corrected chi connectivity index (χ2v) is 6.58.